The minimum Gasteiger partial charge on any atom is -0.472 e. The van der Waals surface area contributed by atoms with Crippen LogP contribution >= 0.6 is 0 Å². The molecular weight excluding hydrogens is 116 g/mol. The van der Waals surface area contributed by atoms with Crippen molar-refractivity contribution in [2.45, 2.75) is 13.8 Å². The highest BCUT2D eigenvalue weighted by Crippen LogP contribution is 2.08. The smallest absolute Gasteiger partial charge is 0.163 e. The van der Waals surface area contributed by atoms with Gasteiger partial charge in [-0.2, -0.15) is 0 Å². The molecule has 0 unspecified atom stereocenters. The molecule has 0 atom stereocenters. The van der Waals surface area contributed by atoms with Gasteiger partial charge in [0.15, 0.2) is 5.78 Å². The molecule has 1 aromatic heterocycles. The lowest BCUT2D eigenvalue weighted by Crippen LogP contribution is -1.89. The second-order valence-electron chi connectivity index (χ2n) is 2.02. The zero-order valence-corrected chi connectivity index (χ0v) is 5.47. The van der Waals surface area contributed by atoms with Crippen molar-refractivity contribution in [3.05, 3.63) is 23.7 Å². The molecule has 0 saturated carbocycles. The van der Waals surface area contributed by atoms with E-state index >= 15 is 0 Å². The van der Waals surface area contributed by atoms with Crippen LogP contribution in [0.25, 0.3) is 0 Å². The van der Waals surface area contributed by atoms with E-state index in [2.05, 4.69) is 0 Å². The van der Waals surface area contributed by atoms with Gasteiger partial charge >= 0.3 is 0 Å². The van der Waals surface area contributed by atoms with Crippen LogP contribution in [0.15, 0.2) is 16.9 Å². The van der Waals surface area contributed by atoms with Gasteiger partial charge in [0, 0.05) is 0 Å². The number of carbonyl (C=O) groups is 1. The molecule has 2 nitrogen and oxygen atoms in total. The minimum atomic E-state index is 0.0567. The lowest BCUT2D eigenvalue weighted by molar-refractivity contribution is 0.101. The van der Waals surface area contributed by atoms with Crippen LogP contribution in [-0.2, 0) is 0 Å². The van der Waals surface area contributed by atoms with Crippen molar-refractivity contribution in [2.24, 2.45) is 0 Å². The van der Waals surface area contributed by atoms with Gasteiger partial charge in [-0.05, 0) is 19.4 Å². The van der Waals surface area contributed by atoms with E-state index in [1.54, 1.807) is 6.26 Å². The van der Waals surface area contributed by atoms with Gasteiger partial charge in [0.05, 0.1) is 11.8 Å². The van der Waals surface area contributed by atoms with Crippen LogP contribution in [-0.4, -0.2) is 5.78 Å². The maximum atomic E-state index is 10.7. The highest BCUT2D eigenvalue weighted by Gasteiger charge is 2.03. The monoisotopic (exact) mass is 124 g/mol. The van der Waals surface area contributed by atoms with Gasteiger partial charge in [-0.15, -0.1) is 0 Å². The number of Topliss-reactive ketones (excluding diaryl/α,β-unsaturated/α-hetero) is 1. The maximum absolute atomic E-state index is 10.7. The molecule has 1 aromatic rings. The van der Waals surface area contributed by atoms with Gasteiger partial charge in [-0.3, -0.25) is 4.79 Å². The van der Waals surface area contributed by atoms with Gasteiger partial charge in [0.2, 0.25) is 0 Å². The van der Waals surface area contributed by atoms with Crippen molar-refractivity contribution in [1.82, 2.24) is 0 Å². The molecule has 0 N–H and O–H groups in total. The standard InChI is InChI=1S/C7H8O2/c1-5-3-9-4-7(5)6(2)8/h3-4H,1-2H3. The van der Waals surface area contributed by atoms with Crippen LogP contribution in [0.5, 0.6) is 0 Å². The number of furan rings is 1. The fourth-order valence-corrected chi connectivity index (χ4v) is 0.721. The van der Waals surface area contributed by atoms with Crippen LogP contribution in [0.3, 0.4) is 0 Å². The van der Waals surface area contributed by atoms with E-state index in [4.69, 9.17) is 4.42 Å². The van der Waals surface area contributed by atoms with Gasteiger partial charge in [0.25, 0.3) is 0 Å². The average Bonchev–Trinajstić information content (AvgIpc) is 2.13. The summed E-state index contributed by atoms with van der Waals surface area (Å²) in [6.07, 6.45) is 3.04. The van der Waals surface area contributed by atoms with E-state index in [1.807, 2.05) is 6.92 Å². The van der Waals surface area contributed by atoms with E-state index in [0.29, 0.717) is 5.56 Å². The fraction of sp³-hybridized carbons (Fsp3) is 0.286. The maximum Gasteiger partial charge on any atom is 0.163 e. The molecule has 0 fully saturated rings. The fourth-order valence-electron chi connectivity index (χ4n) is 0.721. The predicted molar refractivity (Wildman–Crippen MR) is 33.4 cm³/mol. The molecule has 0 spiro atoms. The first-order valence-electron chi connectivity index (χ1n) is 2.75. The molecule has 0 bridgehead atoms. The van der Waals surface area contributed by atoms with Crippen molar-refractivity contribution in [1.29, 1.82) is 0 Å². The van der Waals surface area contributed by atoms with Crippen LogP contribution in [0.2, 0.25) is 0 Å². The van der Waals surface area contributed by atoms with Crippen LogP contribution in [0, 0.1) is 6.92 Å². The third kappa shape index (κ3) is 1.02. The SMILES string of the molecule is CC(=O)c1cocc1C. The molecule has 0 aliphatic heterocycles. The van der Waals surface area contributed by atoms with E-state index in [0.717, 1.165) is 5.56 Å². The Balaban J connectivity index is 3.08. The molecule has 0 amide bonds. The summed E-state index contributed by atoms with van der Waals surface area (Å²) >= 11 is 0. The first-order valence-corrected chi connectivity index (χ1v) is 2.75. The number of ketones is 1. The zero-order valence-electron chi connectivity index (χ0n) is 5.47. The van der Waals surface area contributed by atoms with Crippen LogP contribution < -0.4 is 0 Å². The van der Waals surface area contributed by atoms with Gasteiger partial charge in [0.1, 0.15) is 6.26 Å². The highest BCUT2D eigenvalue weighted by molar-refractivity contribution is 5.94. The van der Waals surface area contributed by atoms with E-state index in [1.165, 1.54) is 13.2 Å². The quantitative estimate of drug-likeness (QED) is 0.534. The number of carbonyl (C=O) groups excluding carboxylic acids is 1. The summed E-state index contributed by atoms with van der Waals surface area (Å²) in [5.74, 6) is 0.0567. The third-order valence-electron chi connectivity index (χ3n) is 1.23. The van der Waals surface area contributed by atoms with Gasteiger partial charge < -0.3 is 4.42 Å². The summed E-state index contributed by atoms with van der Waals surface area (Å²) in [4.78, 5) is 10.7. The summed E-state index contributed by atoms with van der Waals surface area (Å²) in [6.45, 7) is 3.37. The van der Waals surface area contributed by atoms with Crippen molar-refractivity contribution < 1.29 is 9.21 Å². The lowest BCUT2D eigenvalue weighted by Gasteiger charge is -1.85. The molecule has 48 valence electrons. The normalized spacial score (nSPS) is 9.56. The summed E-state index contributed by atoms with van der Waals surface area (Å²) in [7, 11) is 0. The molecule has 0 aliphatic carbocycles. The zero-order chi connectivity index (χ0) is 6.85. The Labute approximate surface area is 53.5 Å². The molecule has 0 aliphatic rings. The Kier molecular flexibility index (Phi) is 1.39. The second-order valence-corrected chi connectivity index (χ2v) is 2.02. The topological polar surface area (TPSA) is 30.2 Å². The average molecular weight is 124 g/mol. The number of rotatable bonds is 1. The Morgan fingerprint density at radius 1 is 1.56 bits per heavy atom. The summed E-state index contributed by atoms with van der Waals surface area (Å²) in [6, 6.07) is 0. The highest BCUT2D eigenvalue weighted by atomic mass is 16.3. The number of hydrogen-bond acceptors (Lipinski definition) is 2. The Morgan fingerprint density at radius 3 is 2.44 bits per heavy atom. The predicted octanol–water partition coefficient (Wildman–Crippen LogP) is 1.79. The van der Waals surface area contributed by atoms with E-state index in [9.17, 15) is 4.79 Å². The van der Waals surface area contributed by atoms with Crippen molar-refractivity contribution in [2.75, 3.05) is 0 Å². The third-order valence-corrected chi connectivity index (χ3v) is 1.23. The van der Waals surface area contributed by atoms with E-state index in [-0.39, 0.29) is 5.78 Å². The van der Waals surface area contributed by atoms with Gasteiger partial charge in [-0.1, -0.05) is 0 Å². The molecule has 0 saturated heterocycles. The summed E-state index contributed by atoms with van der Waals surface area (Å²) in [5, 5.41) is 0. The molecule has 9 heavy (non-hydrogen) atoms. The van der Waals surface area contributed by atoms with Gasteiger partial charge in [-0.25, -0.2) is 0 Å². The minimum absolute atomic E-state index is 0.0567. The summed E-state index contributed by atoms with van der Waals surface area (Å²) < 4.78 is 4.79. The lowest BCUT2D eigenvalue weighted by atomic mass is 10.2. The molecule has 2 heteroatoms. The van der Waals surface area contributed by atoms with Crippen LogP contribution in [0.1, 0.15) is 22.8 Å². The largest absolute Gasteiger partial charge is 0.472 e. The molecule has 0 radical (unpaired) electrons. The summed E-state index contributed by atoms with van der Waals surface area (Å²) in [5.41, 5.74) is 1.58. The second kappa shape index (κ2) is 2.05. The van der Waals surface area contributed by atoms with Crippen molar-refractivity contribution in [3.63, 3.8) is 0 Å². The van der Waals surface area contributed by atoms with Crippen molar-refractivity contribution >= 4 is 5.78 Å². The molecular formula is C7H8O2. The Hall–Kier alpha value is -1.05. The number of aryl methyl sites for hydroxylation is 1. The Bertz CT molecular complexity index is 223. The number of hydrogen-bond donors (Lipinski definition) is 0. The molecule has 1 heterocycles. The van der Waals surface area contributed by atoms with Crippen molar-refractivity contribution in [3.8, 4) is 0 Å². The first kappa shape index (κ1) is 6.08. The molecule has 1 rings (SSSR count). The molecule has 0 aromatic carbocycles. The van der Waals surface area contributed by atoms with Crippen LogP contribution in [0.4, 0.5) is 0 Å². The first-order chi connectivity index (χ1) is 4.22. The Morgan fingerprint density at radius 2 is 2.22 bits per heavy atom. The van der Waals surface area contributed by atoms with E-state index < -0.39 is 0 Å².